The lowest BCUT2D eigenvalue weighted by molar-refractivity contribution is -0.175. The molecule has 0 aliphatic heterocycles. The van der Waals surface area contributed by atoms with Crippen LogP contribution in [0.3, 0.4) is 0 Å². The Bertz CT molecular complexity index is 1410. The van der Waals surface area contributed by atoms with E-state index in [4.69, 9.17) is 10.5 Å². The molecule has 0 spiro atoms. The van der Waals surface area contributed by atoms with Crippen molar-refractivity contribution in [3.8, 4) is 11.5 Å². The number of phenols is 1. The van der Waals surface area contributed by atoms with Gasteiger partial charge in [-0.15, -0.1) is 0 Å². The van der Waals surface area contributed by atoms with Crippen molar-refractivity contribution >= 4 is 41.2 Å². The molecule has 2 aromatic carbocycles. The fourth-order valence-corrected chi connectivity index (χ4v) is 6.08. The maximum atomic E-state index is 13.6. The Morgan fingerprint density at radius 2 is 1.84 bits per heavy atom. The van der Waals surface area contributed by atoms with Crippen molar-refractivity contribution in [3.63, 3.8) is 0 Å². The van der Waals surface area contributed by atoms with Crippen molar-refractivity contribution in [2.24, 2.45) is 29.4 Å². The van der Waals surface area contributed by atoms with Crippen molar-refractivity contribution in [2.75, 3.05) is 7.11 Å². The van der Waals surface area contributed by atoms with Gasteiger partial charge in [-0.1, -0.05) is 30.4 Å². The highest BCUT2D eigenvalue weighted by molar-refractivity contribution is 6.31. The number of aromatic hydroxyl groups is 1. The first-order chi connectivity index (χ1) is 17.6. The number of aliphatic hydroxyl groups is 1. The van der Waals surface area contributed by atoms with Crippen molar-refractivity contribution in [1.29, 1.82) is 0 Å². The second kappa shape index (κ2) is 8.77. The number of carbonyl (C=O) groups is 5. The molecule has 0 aromatic heterocycles. The zero-order valence-electron chi connectivity index (χ0n) is 20.0. The maximum Gasteiger partial charge on any atom is 0.235 e. The summed E-state index contributed by atoms with van der Waals surface area (Å²) in [5.41, 5.74) is 4.58. The SMILES string of the molecule is COc1cccc(C=Cc2ccc(O)c3c2C[C@H]2C[C@H]4CC(=O)C(C(N)=O)C(=O)[C@@]4(O)C(=O)C2C3=O)c1. The largest absolute Gasteiger partial charge is 0.507 e. The molecule has 37 heavy (non-hydrogen) atoms. The highest BCUT2D eigenvalue weighted by atomic mass is 16.5. The Balaban J connectivity index is 1.54. The first-order valence-electron chi connectivity index (χ1n) is 11.9. The smallest absolute Gasteiger partial charge is 0.235 e. The van der Waals surface area contributed by atoms with Gasteiger partial charge >= 0.3 is 0 Å². The molecule has 5 atom stereocenters. The number of carbonyl (C=O) groups excluding carboxylic acids is 5. The quantitative estimate of drug-likeness (QED) is 0.418. The molecule has 2 fully saturated rings. The summed E-state index contributed by atoms with van der Waals surface area (Å²) in [7, 11) is 1.56. The van der Waals surface area contributed by atoms with Crippen LogP contribution in [0.1, 0.15) is 39.9 Å². The van der Waals surface area contributed by atoms with E-state index < -0.39 is 58.3 Å². The number of rotatable bonds is 4. The van der Waals surface area contributed by atoms with E-state index in [0.29, 0.717) is 16.9 Å². The van der Waals surface area contributed by atoms with E-state index in [1.165, 1.54) is 6.07 Å². The molecule has 9 nitrogen and oxygen atoms in total. The van der Waals surface area contributed by atoms with E-state index in [1.54, 1.807) is 19.3 Å². The molecule has 3 aliphatic rings. The minimum atomic E-state index is -2.65. The summed E-state index contributed by atoms with van der Waals surface area (Å²) in [5.74, 6) is -9.55. The second-order valence-electron chi connectivity index (χ2n) is 9.88. The van der Waals surface area contributed by atoms with E-state index in [0.717, 1.165) is 5.56 Å². The number of ether oxygens (including phenoxy) is 1. The zero-order chi connectivity index (χ0) is 26.6. The molecule has 0 bridgehead atoms. The van der Waals surface area contributed by atoms with Crippen LogP contribution < -0.4 is 10.5 Å². The van der Waals surface area contributed by atoms with Crippen LogP contribution >= 0.6 is 0 Å². The van der Waals surface area contributed by atoms with E-state index >= 15 is 0 Å². The number of ketones is 4. The predicted octanol–water partition coefficient (Wildman–Crippen LogP) is 1.51. The third kappa shape index (κ3) is 3.69. The molecule has 0 heterocycles. The van der Waals surface area contributed by atoms with E-state index in [1.807, 2.05) is 30.3 Å². The first kappa shape index (κ1) is 24.6. The van der Waals surface area contributed by atoms with Crippen molar-refractivity contribution in [3.05, 3.63) is 58.7 Å². The number of methoxy groups -OCH3 is 1. The van der Waals surface area contributed by atoms with Crippen LogP contribution in [0.5, 0.6) is 11.5 Å². The fraction of sp³-hybridized carbons (Fsp3) is 0.321. The number of benzene rings is 2. The minimum absolute atomic E-state index is 0.0322. The van der Waals surface area contributed by atoms with Crippen LogP contribution in [0.4, 0.5) is 0 Å². The van der Waals surface area contributed by atoms with Gasteiger partial charge in [-0.05, 0) is 53.6 Å². The molecular weight excluding hydrogens is 478 g/mol. The summed E-state index contributed by atoms with van der Waals surface area (Å²) in [6.45, 7) is 0. The number of hydrogen-bond acceptors (Lipinski definition) is 8. The summed E-state index contributed by atoms with van der Waals surface area (Å²) >= 11 is 0. The average Bonchev–Trinajstić information content (AvgIpc) is 2.85. The Hall–Kier alpha value is -4.11. The number of primary amides is 1. The second-order valence-corrected chi connectivity index (χ2v) is 9.88. The van der Waals surface area contributed by atoms with Gasteiger partial charge in [-0.2, -0.15) is 0 Å². The number of phenolic OH excluding ortho intramolecular Hbond substituents is 1. The van der Waals surface area contributed by atoms with E-state index in [9.17, 15) is 34.2 Å². The van der Waals surface area contributed by atoms with E-state index in [2.05, 4.69) is 0 Å². The van der Waals surface area contributed by atoms with Crippen molar-refractivity contribution < 1.29 is 38.9 Å². The molecule has 0 radical (unpaired) electrons. The van der Waals surface area contributed by atoms with Crippen molar-refractivity contribution in [2.45, 2.75) is 24.9 Å². The van der Waals surface area contributed by atoms with Gasteiger partial charge in [0, 0.05) is 12.3 Å². The molecule has 9 heteroatoms. The van der Waals surface area contributed by atoms with Crippen LogP contribution in [0.2, 0.25) is 0 Å². The fourth-order valence-electron chi connectivity index (χ4n) is 6.08. The Morgan fingerprint density at radius 3 is 2.54 bits per heavy atom. The highest BCUT2D eigenvalue weighted by Gasteiger charge is 2.66. The highest BCUT2D eigenvalue weighted by Crippen LogP contribution is 2.50. The van der Waals surface area contributed by atoms with Crippen LogP contribution in [-0.4, -0.2) is 52.0 Å². The number of nitrogens with two attached hydrogens (primary N) is 1. The van der Waals surface area contributed by atoms with Gasteiger partial charge in [-0.25, -0.2) is 0 Å². The lowest BCUT2D eigenvalue weighted by atomic mass is 9.53. The maximum absolute atomic E-state index is 13.6. The van der Waals surface area contributed by atoms with Crippen LogP contribution in [0.15, 0.2) is 36.4 Å². The molecule has 2 saturated carbocycles. The summed E-state index contributed by atoms with van der Waals surface area (Å²) < 4.78 is 5.25. The predicted molar refractivity (Wildman–Crippen MR) is 130 cm³/mol. The lowest BCUT2D eigenvalue weighted by Gasteiger charge is -2.48. The average molecular weight is 504 g/mol. The molecule has 1 amide bonds. The Labute approximate surface area is 211 Å². The third-order valence-electron chi connectivity index (χ3n) is 7.87. The van der Waals surface area contributed by atoms with Gasteiger partial charge < -0.3 is 20.7 Å². The van der Waals surface area contributed by atoms with Crippen LogP contribution in [0.25, 0.3) is 12.2 Å². The molecular formula is C28H25NO8. The topological polar surface area (TPSA) is 161 Å². The number of hydrogen-bond donors (Lipinski definition) is 3. The van der Waals surface area contributed by atoms with Gasteiger partial charge in [0.05, 0.1) is 18.6 Å². The Kier molecular flexibility index (Phi) is 5.83. The normalized spacial score (nSPS) is 29.0. The van der Waals surface area contributed by atoms with Gasteiger partial charge in [0.1, 0.15) is 11.5 Å². The lowest BCUT2D eigenvalue weighted by Crippen LogP contribution is -2.68. The summed E-state index contributed by atoms with van der Waals surface area (Å²) in [6, 6.07) is 10.4. The number of fused-ring (bicyclic) bond motifs is 3. The molecule has 2 unspecified atom stereocenters. The molecule has 5 rings (SSSR count). The Morgan fingerprint density at radius 1 is 1.08 bits per heavy atom. The number of amides is 1. The molecule has 2 aromatic rings. The summed E-state index contributed by atoms with van der Waals surface area (Å²) in [6.07, 6.45) is 3.54. The minimum Gasteiger partial charge on any atom is -0.507 e. The number of Topliss-reactive ketones (excluding diaryl/α,β-unsaturated/α-hetero) is 4. The summed E-state index contributed by atoms with van der Waals surface area (Å²) in [4.78, 5) is 64.3. The van der Waals surface area contributed by atoms with Crippen LogP contribution in [0, 0.1) is 23.7 Å². The van der Waals surface area contributed by atoms with Gasteiger partial charge in [-0.3, -0.25) is 24.0 Å². The van der Waals surface area contributed by atoms with Crippen LogP contribution in [-0.2, 0) is 25.6 Å². The van der Waals surface area contributed by atoms with Gasteiger partial charge in [0.25, 0.3) is 0 Å². The van der Waals surface area contributed by atoms with Gasteiger partial charge in [0.15, 0.2) is 34.7 Å². The molecule has 3 aliphatic carbocycles. The molecule has 0 saturated heterocycles. The monoisotopic (exact) mass is 503 g/mol. The molecule has 190 valence electrons. The zero-order valence-corrected chi connectivity index (χ0v) is 20.0. The molecule has 4 N–H and O–H groups in total. The first-order valence-corrected chi connectivity index (χ1v) is 11.9. The van der Waals surface area contributed by atoms with Crippen molar-refractivity contribution in [1.82, 2.24) is 0 Å². The third-order valence-corrected chi connectivity index (χ3v) is 7.87. The van der Waals surface area contributed by atoms with E-state index in [-0.39, 0.29) is 30.6 Å². The summed E-state index contributed by atoms with van der Waals surface area (Å²) in [5, 5.41) is 21.8. The van der Waals surface area contributed by atoms with Gasteiger partial charge in [0.2, 0.25) is 5.91 Å². The standard InChI is InChI=1S/C28H25NO8/c1-37-17-4-2-3-13(9-17)5-6-14-7-8-19(30)22-18(14)11-15-10-16-12-20(31)23(27(29)35)26(34)28(16,36)25(33)21(15)24(22)32/h2-9,15-16,21,23,30,36H,10-12H2,1H3,(H2,29,35)/t15-,16+,21?,23?,28+/m1/s1.